The molecule has 1 nitrogen and oxygen atoms in total. The van der Waals surface area contributed by atoms with Crippen LogP contribution in [0.15, 0.2) is 46.3 Å². The van der Waals surface area contributed by atoms with E-state index in [0.29, 0.717) is 6.42 Å². The highest BCUT2D eigenvalue weighted by Gasteiger charge is 2.10. The summed E-state index contributed by atoms with van der Waals surface area (Å²) in [6.45, 7) is 0. The van der Waals surface area contributed by atoms with Gasteiger partial charge in [0, 0.05) is 15.8 Å². The zero-order valence-corrected chi connectivity index (χ0v) is 10.5. The molecule has 1 unspecified atom stereocenters. The molecule has 0 spiro atoms. The summed E-state index contributed by atoms with van der Waals surface area (Å²) in [6, 6.07) is 11.9. The molecule has 2 rings (SSSR count). The number of hydrogen-bond acceptors (Lipinski definition) is 2. The third kappa shape index (κ3) is 2.68. The summed E-state index contributed by atoms with van der Waals surface area (Å²) < 4.78 is 1.06. The van der Waals surface area contributed by atoms with Crippen LogP contribution in [0.1, 0.15) is 16.5 Å². The summed E-state index contributed by atoms with van der Waals surface area (Å²) >= 11 is 5.07. The van der Waals surface area contributed by atoms with Crippen molar-refractivity contribution >= 4 is 27.3 Å². The van der Waals surface area contributed by atoms with Gasteiger partial charge in [0.05, 0.1) is 6.10 Å². The first-order valence-corrected chi connectivity index (χ1v) is 6.39. The van der Waals surface area contributed by atoms with Gasteiger partial charge >= 0.3 is 0 Å². The van der Waals surface area contributed by atoms with E-state index in [-0.39, 0.29) is 0 Å². The summed E-state index contributed by atoms with van der Waals surface area (Å²) in [6.07, 6.45) is 0.255. The summed E-state index contributed by atoms with van der Waals surface area (Å²) in [5, 5.41) is 12.0. The maximum atomic E-state index is 9.98. The van der Waals surface area contributed by atoms with Crippen LogP contribution in [-0.4, -0.2) is 5.11 Å². The first kappa shape index (κ1) is 10.9. The van der Waals surface area contributed by atoms with Crippen molar-refractivity contribution in [3.8, 4) is 0 Å². The summed E-state index contributed by atoms with van der Waals surface area (Å²) in [5.41, 5.74) is 1.14. The first-order chi connectivity index (χ1) is 7.27. The Morgan fingerprint density at radius 2 is 2.00 bits per heavy atom. The number of thiophene rings is 1. The maximum Gasteiger partial charge on any atom is 0.0922 e. The van der Waals surface area contributed by atoms with Gasteiger partial charge in [0.1, 0.15) is 0 Å². The summed E-state index contributed by atoms with van der Waals surface area (Å²) in [5.74, 6) is 0. The predicted molar refractivity (Wildman–Crippen MR) is 67.1 cm³/mol. The predicted octanol–water partition coefficient (Wildman–Crippen LogP) is 3.79. The highest BCUT2D eigenvalue weighted by Crippen LogP contribution is 2.25. The number of rotatable bonds is 3. The second-order valence-corrected chi connectivity index (χ2v) is 5.16. The van der Waals surface area contributed by atoms with Crippen molar-refractivity contribution in [2.45, 2.75) is 12.5 Å². The molecule has 0 aliphatic carbocycles. The normalized spacial score (nSPS) is 12.7. The van der Waals surface area contributed by atoms with E-state index in [4.69, 9.17) is 0 Å². The number of halogens is 1. The van der Waals surface area contributed by atoms with Gasteiger partial charge in [-0.3, -0.25) is 0 Å². The molecule has 0 fully saturated rings. The molecule has 3 heteroatoms. The van der Waals surface area contributed by atoms with Gasteiger partial charge < -0.3 is 5.11 Å². The van der Waals surface area contributed by atoms with Crippen molar-refractivity contribution in [2.24, 2.45) is 0 Å². The third-order valence-corrected chi connectivity index (χ3v) is 3.99. The largest absolute Gasteiger partial charge is 0.387 e. The summed E-state index contributed by atoms with van der Waals surface area (Å²) in [7, 11) is 0. The van der Waals surface area contributed by atoms with Crippen molar-refractivity contribution in [1.29, 1.82) is 0 Å². The fourth-order valence-corrected chi connectivity index (χ4v) is 2.61. The van der Waals surface area contributed by atoms with Crippen molar-refractivity contribution in [2.75, 3.05) is 0 Å². The Balaban J connectivity index is 2.13. The Morgan fingerprint density at radius 3 is 2.67 bits per heavy atom. The molecular weight excluding hydrogens is 272 g/mol. The second kappa shape index (κ2) is 4.92. The van der Waals surface area contributed by atoms with E-state index < -0.39 is 6.10 Å². The molecule has 0 saturated carbocycles. The van der Waals surface area contributed by atoms with E-state index >= 15 is 0 Å². The average Bonchev–Trinajstić information content (AvgIpc) is 2.74. The van der Waals surface area contributed by atoms with Gasteiger partial charge in [-0.1, -0.05) is 40.2 Å². The minimum absolute atomic E-state index is 0.399. The Kier molecular flexibility index (Phi) is 3.57. The minimum atomic E-state index is -0.399. The molecule has 0 amide bonds. The van der Waals surface area contributed by atoms with Gasteiger partial charge in [-0.25, -0.2) is 0 Å². The van der Waals surface area contributed by atoms with Crippen LogP contribution in [0.4, 0.5) is 0 Å². The molecule has 0 aliphatic rings. The lowest BCUT2D eigenvalue weighted by atomic mass is 10.1. The van der Waals surface area contributed by atoms with Crippen LogP contribution in [-0.2, 0) is 6.42 Å². The van der Waals surface area contributed by atoms with Gasteiger partial charge in [-0.05, 0) is 23.1 Å². The minimum Gasteiger partial charge on any atom is -0.387 e. The van der Waals surface area contributed by atoms with Gasteiger partial charge in [0.25, 0.3) is 0 Å². The Bertz CT molecular complexity index is 425. The number of aliphatic hydroxyl groups is 1. The molecule has 0 radical (unpaired) electrons. The van der Waals surface area contributed by atoms with E-state index in [1.807, 2.05) is 41.8 Å². The number of benzene rings is 1. The van der Waals surface area contributed by atoms with E-state index in [1.165, 1.54) is 0 Å². The van der Waals surface area contributed by atoms with Gasteiger partial charge in [-0.2, -0.15) is 0 Å². The standard InChI is InChI=1S/C12H11BrOS/c13-10-5-2-1-4-9(10)8-11(14)12-6-3-7-15-12/h1-7,11,14H,8H2. The topological polar surface area (TPSA) is 20.2 Å². The van der Waals surface area contributed by atoms with E-state index in [0.717, 1.165) is 14.9 Å². The molecule has 1 atom stereocenters. The third-order valence-electron chi connectivity index (χ3n) is 2.24. The van der Waals surface area contributed by atoms with Crippen molar-refractivity contribution in [1.82, 2.24) is 0 Å². The van der Waals surface area contributed by atoms with E-state index in [2.05, 4.69) is 15.9 Å². The lowest BCUT2D eigenvalue weighted by molar-refractivity contribution is 0.182. The Hall–Kier alpha value is -0.640. The van der Waals surface area contributed by atoms with E-state index in [1.54, 1.807) is 11.3 Å². The molecule has 15 heavy (non-hydrogen) atoms. The van der Waals surface area contributed by atoms with Gasteiger partial charge in [0.2, 0.25) is 0 Å². The lowest BCUT2D eigenvalue weighted by Crippen LogP contribution is -1.99. The monoisotopic (exact) mass is 282 g/mol. The van der Waals surface area contributed by atoms with Crippen LogP contribution in [0.25, 0.3) is 0 Å². The van der Waals surface area contributed by atoms with Crippen LogP contribution in [0, 0.1) is 0 Å². The zero-order valence-electron chi connectivity index (χ0n) is 8.06. The van der Waals surface area contributed by atoms with Gasteiger partial charge in [0.15, 0.2) is 0 Å². The molecular formula is C12H11BrOS. The van der Waals surface area contributed by atoms with Crippen LogP contribution < -0.4 is 0 Å². The number of hydrogen-bond donors (Lipinski definition) is 1. The zero-order chi connectivity index (χ0) is 10.7. The maximum absolute atomic E-state index is 9.98. The highest BCUT2D eigenvalue weighted by molar-refractivity contribution is 9.10. The van der Waals surface area contributed by atoms with E-state index in [9.17, 15) is 5.11 Å². The van der Waals surface area contributed by atoms with Crippen LogP contribution >= 0.6 is 27.3 Å². The highest BCUT2D eigenvalue weighted by atomic mass is 79.9. The molecule has 0 aliphatic heterocycles. The number of aliphatic hydroxyl groups excluding tert-OH is 1. The summed E-state index contributed by atoms with van der Waals surface area (Å²) in [4.78, 5) is 1.02. The molecule has 0 saturated heterocycles. The molecule has 78 valence electrons. The Labute approximate surface area is 102 Å². The molecule has 2 aromatic rings. The molecule has 0 bridgehead atoms. The van der Waals surface area contributed by atoms with Crippen LogP contribution in [0.5, 0.6) is 0 Å². The average molecular weight is 283 g/mol. The molecule has 1 heterocycles. The quantitative estimate of drug-likeness (QED) is 0.908. The molecule has 1 N–H and O–H groups in total. The molecule has 1 aromatic carbocycles. The fourth-order valence-electron chi connectivity index (χ4n) is 1.45. The fraction of sp³-hybridized carbons (Fsp3) is 0.167. The smallest absolute Gasteiger partial charge is 0.0922 e. The SMILES string of the molecule is OC(Cc1ccccc1Br)c1cccs1. The van der Waals surface area contributed by atoms with Crippen LogP contribution in [0.3, 0.4) is 0 Å². The van der Waals surface area contributed by atoms with Crippen LogP contribution in [0.2, 0.25) is 0 Å². The van der Waals surface area contributed by atoms with Crippen molar-refractivity contribution < 1.29 is 5.11 Å². The first-order valence-electron chi connectivity index (χ1n) is 4.72. The lowest BCUT2D eigenvalue weighted by Gasteiger charge is -2.09. The van der Waals surface area contributed by atoms with Crippen molar-refractivity contribution in [3.05, 3.63) is 56.7 Å². The second-order valence-electron chi connectivity index (χ2n) is 3.33. The van der Waals surface area contributed by atoms with Gasteiger partial charge in [-0.15, -0.1) is 11.3 Å². The molecule has 1 aromatic heterocycles. The van der Waals surface area contributed by atoms with Crippen molar-refractivity contribution in [3.63, 3.8) is 0 Å². The Morgan fingerprint density at radius 1 is 1.20 bits per heavy atom.